The van der Waals surface area contributed by atoms with Gasteiger partial charge in [-0.3, -0.25) is 0 Å². The van der Waals surface area contributed by atoms with Crippen LogP contribution in [0.1, 0.15) is 29.9 Å². The molecule has 5 nitrogen and oxygen atoms in total. The SMILES string of the molecule is CC(C)(CNOC(=O)c1cccnn1)c1ccc(F)cc1. The van der Waals surface area contributed by atoms with Crippen molar-refractivity contribution in [2.45, 2.75) is 19.3 Å². The van der Waals surface area contributed by atoms with E-state index in [-0.39, 0.29) is 16.9 Å². The Morgan fingerprint density at radius 1 is 1.29 bits per heavy atom. The summed E-state index contributed by atoms with van der Waals surface area (Å²) in [7, 11) is 0. The Morgan fingerprint density at radius 2 is 2.00 bits per heavy atom. The fourth-order valence-electron chi connectivity index (χ4n) is 1.75. The van der Waals surface area contributed by atoms with Crippen LogP contribution in [0.3, 0.4) is 0 Å². The molecule has 0 saturated heterocycles. The molecule has 2 rings (SSSR count). The van der Waals surface area contributed by atoms with Crippen LogP contribution < -0.4 is 5.48 Å². The van der Waals surface area contributed by atoms with E-state index >= 15 is 0 Å². The van der Waals surface area contributed by atoms with Gasteiger partial charge in [0.1, 0.15) is 5.82 Å². The van der Waals surface area contributed by atoms with Crippen LogP contribution in [0.4, 0.5) is 4.39 Å². The van der Waals surface area contributed by atoms with Crippen molar-refractivity contribution in [3.8, 4) is 0 Å². The van der Waals surface area contributed by atoms with E-state index < -0.39 is 5.97 Å². The molecule has 0 unspecified atom stereocenters. The summed E-state index contributed by atoms with van der Waals surface area (Å²) in [5, 5.41) is 7.26. The molecule has 1 aromatic carbocycles. The lowest BCUT2D eigenvalue weighted by atomic mass is 9.85. The number of nitrogens with one attached hydrogen (secondary N) is 1. The fourth-order valence-corrected chi connectivity index (χ4v) is 1.75. The van der Waals surface area contributed by atoms with E-state index in [1.54, 1.807) is 18.2 Å². The van der Waals surface area contributed by atoms with Gasteiger partial charge in [-0.1, -0.05) is 26.0 Å². The first-order valence-electron chi connectivity index (χ1n) is 6.47. The molecule has 2 aromatic rings. The normalized spacial score (nSPS) is 11.2. The van der Waals surface area contributed by atoms with Crippen LogP contribution in [0.25, 0.3) is 0 Å². The fraction of sp³-hybridized carbons (Fsp3) is 0.267. The number of hydroxylamine groups is 1. The largest absolute Gasteiger partial charge is 0.377 e. The highest BCUT2D eigenvalue weighted by Crippen LogP contribution is 2.22. The summed E-state index contributed by atoms with van der Waals surface area (Å²) in [6.07, 6.45) is 1.47. The molecule has 0 aliphatic rings. The predicted molar refractivity (Wildman–Crippen MR) is 74.9 cm³/mol. The minimum atomic E-state index is -0.599. The molecule has 0 aliphatic carbocycles. The van der Waals surface area contributed by atoms with Crippen molar-refractivity contribution in [1.29, 1.82) is 0 Å². The number of aromatic nitrogens is 2. The van der Waals surface area contributed by atoms with E-state index in [1.807, 2.05) is 13.8 Å². The van der Waals surface area contributed by atoms with E-state index in [9.17, 15) is 9.18 Å². The molecule has 0 spiro atoms. The van der Waals surface area contributed by atoms with Gasteiger partial charge in [-0.2, -0.15) is 10.6 Å². The number of benzene rings is 1. The smallest absolute Gasteiger partial charge is 0.366 e. The number of carbonyl (C=O) groups excluding carboxylic acids is 1. The second-order valence-electron chi connectivity index (χ2n) is 5.21. The third-order valence-corrected chi connectivity index (χ3v) is 3.09. The summed E-state index contributed by atoms with van der Waals surface area (Å²) in [5.41, 5.74) is 3.37. The molecule has 110 valence electrons. The monoisotopic (exact) mass is 289 g/mol. The lowest BCUT2D eigenvalue weighted by molar-refractivity contribution is 0.0209. The molecular weight excluding hydrogens is 273 g/mol. The first kappa shape index (κ1) is 15.1. The number of halogens is 1. The Kier molecular flexibility index (Phi) is 4.59. The van der Waals surface area contributed by atoms with Crippen molar-refractivity contribution < 1.29 is 14.0 Å². The second-order valence-corrected chi connectivity index (χ2v) is 5.21. The summed E-state index contributed by atoms with van der Waals surface area (Å²) < 4.78 is 12.9. The van der Waals surface area contributed by atoms with E-state index in [0.717, 1.165) is 5.56 Å². The molecule has 0 aliphatic heterocycles. The van der Waals surface area contributed by atoms with Crippen LogP contribution in [0, 0.1) is 5.82 Å². The van der Waals surface area contributed by atoms with Crippen LogP contribution >= 0.6 is 0 Å². The van der Waals surface area contributed by atoms with Crippen LogP contribution in [0.5, 0.6) is 0 Å². The summed E-state index contributed by atoms with van der Waals surface area (Å²) >= 11 is 0. The third kappa shape index (κ3) is 4.06. The van der Waals surface area contributed by atoms with Gasteiger partial charge in [-0.15, -0.1) is 5.10 Å². The Bertz CT molecular complexity index is 600. The molecule has 1 aromatic heterocycles. The van der Waals surface area contributed by atoms with Gasteiger partial charge in [0.15, 0.2) is 5.69 Å². The van der Waals surface area contributed by atoms with Crippen LogP contribution in [-0.4, -0.2) is 22.7 Å². The standard InChI is InChI=1S/C15H16FN3O2/c1-15(2,11-5-7-12(16)8-6-11)10-18-21-14(20)13-4-3-9-17-19-13/h3-9,18H,10H2,1-2H3. The van der Waals surface area contributed by atoms with Crippen LogP contribution in [0.2, 0.25) is 0 Å². The molecule has 0 fully saturated rings. The Morgan fingerprint density at radius 3 is 2.62 bits per heavy atom. The second kappa shape index (κ2) is 6.41. The first-order valence-corrected chi connectivity index (χ1v) is 6.47. The minimum Gasteiger partial charge on any atom is -0.366 e. The average molecular weight is 289 g/mol. The van der Waals surface area contributed by atoms with Gasteiger partial charge in [0, 0.05) is 18.2 Å². The molecule has 1 N–H and O–H groups in total. The highest BCUT2D eigenvalue weighted by atomic mass is 19.1. The molecule has 0 saturated carbocycles. The number of rotatable bonds is 5. The highest BCUT2D eigenvalue weighted by molar-refractivity contribution is 5.86. The summed E-state index contributed by atoms with van der Waals surface area (Å²) in [4.78, 5) is 16.6. The topological polar surface area (TPSA) is 64.1 Å². The van der Waals surface area contributed by atoms with Crippen molar-refractivity contribution in [3.05, 3.63) is 59.7 Å². The molecule has 0 bridgehead atoms. The zero-order valence-corrected chi connectivity index (χ0v) is 11.8. The molecule has 1 heterocycles. The average Bonchev–Trinajstić information content (AvgIpc) is 2.48. The Balaban J connectivity index is 1.90. The molecule has 21 heavy (non-hydrogen) atoms. The molecule has 0 amide bonds. The lowest BCUT2D eigenvalue weighted by Gasteiger charge is -2.25. The number of nitrogens with zero attached hydrogens (tertiary/aromatic N) is 2. The Hall–Kier alpha value is -2.34. The van der Waals surface area contributed by atoms with Gasteiger partial charge in [0.25, 0.3) is 0 Å². The maximum atomic E-state index is 12.9. The minimum absolute atomic E-state index is 0.129. The predicted octanol–water partition coefficient (Wildman–Crippen LogP) is 2.25. The molecule has 0 atom stereocenters. The van der Waals surface area contributed by atoms with Crippen molar-refractivity contribution in [2.24, 2.45) is 0 Å². The van der Waals surface area contributed by atoms with E-state index in [0.29, 0.717) is 6.54 Å². The van der Waals surface area contributed by atoms with Crippen molar-refractivity contribution in [2.75, 3.05) is 6.54 Å². The third-order valence-electron chi connectivity index (χ3n) is 3.09. The zero-order chi connectivity index (χ0) is 15.3. The quantitative estimate of drug-likeness (QED) is 0.855. The molecule has 6 heteroatoms. The van der Waals surface area contributed by atoms with Crippen molar-refractivity contribution in [1.82, 2.24) is 15.7 Å². The van der Waals surface area contributed by atoms with Crippen molar-refractivity contribution in [3.63, 3.8) is 0 Å². The van der Waals surface area contributed by atoms with E-state index in [2.05, 4.69) is 15.7 Å². The lowest BCUT2D eigenvalue weighted by Crippen LogP contribution is -2.34. The summed E-state index contributed by atoms with van der Waals surface area (Å²) in [6.45, 7) is 4.30. The number of hydrogen-bond donors (Lipinski definition) is 1. The van der Waals surface area contributed by atoms with Gasteiger partial charge in [-0.25, -0.2) is 9.18 Å². The van der Waals surface area contributed by atoms with Crippen LogP contribution in [0.15, 0.2) is 42.6 Å². The Labute approximate surface area is 122 Å². The van der Waals surface area contributed by atoms with Gasteiger partial charge < -0.3 is 4.84 Å². The highest BCUT2D eigenvalue weighted by Gasteiger charge is 2.21. The van der Waals surface area contributed by atoms with Gasteiger partial charge >= 0.3 is 5.97 Å². The van der Waals surface area contributed by atoms with E-state index in [1.165, 1.54) is 24.4 Å². The maximum absolute atomic E-state index is 12.9. The van der Waals surface area contributed by atoms with Gasteiger partial charge in [0.05, 0.1) is 0 Å². The number of carbonyl (C=O) groups is 1. The van der Waals surface area contributed by atoms with Crippen LogP contribution in [-0.2, 0) is 10.3 Å². The summed E-state index contributed by atoms with van der Waals surface area (Å²) in [5.74, 6) is -0.880. The van der Waals surface area contributed by atoms with Crippen molar-refractivity contribution >= 4 is 5.97 Å². The van der Waals surface area contributed by atoms with Gasteiger partial charge in [0.2, 0.25) is 0 Å². The molecular formula is C15H16FN3O2. The maximum Gasteiger partial charge on any atom is 0.377 e. The number of hydrogen-bond acceptors (Lipinski definition) is 5. The van der Waals surface area contributed by atoms with E-state index in [4.69, 9.17) is 4.84 Å². The zero-order valence-electron chi connectivity index (χ0n) is 11.8. The molecule has 0 radical (unpaired) electrons. The van der Waals surface area contributed by atoms with Gasteiger partial charge in [-0.05, 0) is 29.8 Å². The summed E-state index contributed by atoms with van der Waals surface area (Å²) in [6, 6.07) is 9.35. The first-order chi connectivity index (χ1) is 9.99.